The zero-order valence-electron chi connectivity index (χ0n) is 13.2. The molecule has 0 aromatic heterocycles. The minimum Gasteiger partial charge on any atom is -0.381 e. The van der Waals surface area contributed by atoms with Gasteiger partial charge in [-0.3, -0.25) is 4.79 Å². The van der Waals surface area contributed by atoms with Crippen LogP contribution in [0.25, 0.3) is 0 Å². The fraction of sp³-hybridized carbons (Fsp3) is 0.533. The van der Waals surface area contributed by atoms with Crippen LogP contribution in [0.15, 0.2) is 22.7 Å². The molecule has 132 valence electrons. The molecule has 1 aliphatic rings. The highest BCUT2D eigenvalue weighted by Crippen LogP contribution is 2.28. The predicted molar refractivity (Wildman–Crippen MR) is 103 cm³/mol. The largest absolute Gasteiger partial charge is 0.381 e. The molecule has 2 atom stereocenters. The number of nitrogens with one attached hydrogen (secondary N) is 2. The van der Waals surface area contributed by atoms with Crippen molar-refractivity contribution in [3.63, 3.8) is 0 Å². The van der Waals surface area contributed by atoms with E-state index in [4.69, 9.17) is 10.5 Å². The molecule has 8 heteroatoms. The third kappa shape index (κ3) is 6.47. The second-order valence-electron chi connectivity index (χ2n) is 5.54. The molecule has 1 amide bonds. The smallest absolute Gasteiger partial charge is 0.253 e. The molecule has 1 aliphatic heterocycles. The van der Waals surface area contributed by atoms with E-state index in [1.54, 1.807) is 0 Å². The fourth-order valence-corrected chi connectivity index (χ4v) is 2.70. The van der Waals surface area contributed by atoms with Gasteiger partial charge >= 0.3 is 0 Å². The number of hydrogen-bond donors (Lipinski definition) is 3. The topological polar surface area (TPSA) is 76.4 Å². The molecule has 0 saturated carbocycles. The van der Waals surface area contributed by atoms with Gasteiger partial charge in [0.1, 0.15) is 6.10 Å². The Kier molecular flexibility index (Phi) is 10.1. The highest BCUT2D eigenvalue weighted by molar-refractivity contribution is 9.10. The molecule has 1 fully saturated rings. The van der Waals surface area contributed by atoms with E-state index in [-0.39, 0.29) is 42.9 Å². The summed E-state index contributed by atoms with van der Waals surface area (Å²) in [4.78, 5) is 12.3. The summed E-state index contributed by atoms with van der Waals surface area (Å²) in [5.41, 5.74) is 7.23. The summed E-state index contributed by atoms with van der Waals surface area (Å²) in [6, 6.07) is 6.05. The molecule has 4 N–H and O–H groups in total. The van der Waals surface area contributed by atoms with Crippen LogP contribution in [0, 0.1) is 0 Å². The Labute approximate surface area is 158 Å². The van der Waals surface area contributed by atoms with Crippen LogP contribution >= 0.6 is 40.7 Å². The van der Waals surface area contributed by atoms with Crippen molar-refractivity contribution in [3.05, 3.63) is 22.7 Å². The summed E-state index contributed by atoms with van der Waals surface area (Å²) >= 11 is 3.43. The van der Waals surface area contributed by atoms with Gasteiger partial charge in [0.05, 0.1) is 17.5 Å². The van der Waals surface area contributed by atoms with Gasteiger partial charge in [-0.1, -0.05) is 15.9 Å². The standard InChI is InChI=1S/C15H22BrN3O2.2ClH/c1-9(2)18-12-5-3-10(16)7-13(12)19-15(20)14-6-4-11(8-17)21-14;;/h3,5,7,9,11,14,18H,4,6,8,17H2,1-2H3,(H,19,20);2*1H/t11-,14+;;/m1../s1. The number of nitrogens with two attached hydrogens (primary N) is 1. The average Bonchev–Trinajstić information content (AvgIpc) is 2.90. The lowest BCUT2D eigenvalue weighted by atomic mass is 10.2. The first-order valence-corrected chi connectivity index (χ1v) is 8.01. The van der Waals surface area contributed by atoms with Gasteiger partial charge in [-0.05, 0) is 44.9 Å². The van der Waals surface area contributed by atoms with Crippen molar-refractivity contribution in [1.29, 1.82) is 0 Å². The minimum atomic E-state index is -0.413. The van der Waals surface area contributed by atoms with Crippen LogP contribution in [0.3, 0.4) is 0 Å². The third-order valence-electron chi connectivity index (χ3n) is 3.35. The Balaban J connectivity index is 0.00000242. The maximum Gasteiger partial charge on any atom is 0.253 e. The maximum absolute atomic E-state index is 12.3. The summed E-state index contributed by atoms with van der Waals surface area (Å²) in [5, 5.41) is 6.27. The zero-order chi connectivity index (χ0) is 15.4. The SMILES string of the molecule is CC(C)Nc1ccc(Br)cc1NC(=O)[C@@H]1CC[C@H](CN)O1.Cl.Cl. The summed E-state index contributed by atoms with van der Waals surface area (Å²) in [5.74, 6) is -0.115. The van der Waals surface area contributed by atoms with Crippen LogP contribution in [0.5, 0.6) is 0 Å². The van der Waals surface area contributed by atoms with E-state index in [1.807, 2.05) is 18.2 Å². The molecule has 2 rings (SSSR count). The second kappa shape index (κ2) is 10.4. The average molecular weight is 429 g/mol. The third-order valence-corrected chi connectivity index (χ3v) is 3.84. The Hall–Kier alpha value is -0.530. The second-order valence-corrected chi connectivity index (χ2v) is 6.45. The van der Waals surface area contributed by atoms with Crippen molar-refractivity contribution >= 4 is 58.0 Å². The van der Waals surface area contributed by atoms with Gasteiger partial charge in [0.25, 0.3) is 5.91 Å². The van der Waals surface area contributed by atoms with E-state index in [0.29, 0.717) is 13.0 Å². The van der Waals surface area contributed by atoms with Crippen LogP contribution in [0.4, 0.5) is 11.4 Å². The van der Waals surface area contributed by atoms with Crippen molar-refractivity contribution in [2.24, 2.45) is 5.73 Å². The first-order valence-electron chi connectivity index (χ1n) is 7.22. The van der Waals surface area contributed by atoms with Crippen LogP contribution in [-0.2, 0) is 9.53 Å². The molecule has 0 bridgehead atoms. The zero-order valence-corrected chi connectivity index (χ0v) is 16.4. The van der Waals surface area contributed by atoms with Gasteiger partial charge in [0.2, 0.25) is 0 Å². The Bertz CT molecular complexity index is 517. The molecular formula is C15H24BrCl2N3O2. The van der Waals surface area contributed by atoms with E-state index in [2.05, 4.69) is 40.4 Å². The van der Waals surface area contributed by atoms with Crippen molar-refractivity contribution in [3.8, 4) is 0 Å². The summed E-state index contributed by atoms with van der Waals surface area (Å²) < 4.78 is 6.54. The number of amides is 1. The number of hydrogen-bond acceptors (Lipinski definition) is 4. The summed E-state index contributed by atoms with van der Waals surface area (Å²) in [6.45, 7) is 4.57. The van der Waals surface area contributed by atoms with Gasteiger partial charge in [-0.25, -0.2) is 0 Å². The van der Waals surface area contributed by atoms with E-state index in [0.717, 1.165) is 22.3 Å². The van der Waals surface area contributed by atoms with Crippen LogP contribution < -0.4 is 16.4 Å². The van der Waals surface area contributed by atoms with Gasteiger partial charge in [-0.15, -0.1) is 24.8 Å². The van der Waals surface area contributed by atoms with Crippen LogP contribution in [0.1, 0.15) is 26.7 Å². The number of anilines is 2. The minimum absolute atomic E-state index is 0. The van der Waals surface area contributed by atoms with Crippen molar-refractivity contribution < 1.29 is 9.53 Å². The Morgan fingerprint density at radius 3 is 2.61 bits per heavy atom. The molecule has 5 nitrogen and oxygen atoms in total. The van der Waals surface area contributed by atoms with E-state index in [9.17, 15) is 4.79 Å². The molecule has 1 heterocycles. The maximum atomic E-state index is 12.3. The molecule has 1 aromatic carbocycles. The molecule has 1 aromatic rings. The Morgan fingerprint density at radius 2 is 2.04 bits per heavy atom. The number of carbonyl (C=O) groups excluding carboxylic acids is 1. The highest BCUT2D eigenvalue weighted by atomic mass is 79.9. The fourth-order valence-electron chi connectivity index (χ4n) is 2.34. The highest BCUT2D eigenvalue weighted by Gasteiger charge is 2.30. The Morgan fingerprint density at radius 1 is 1.35 bits per heavy atom. The van der Waals surface area contributed by atoms with Gasteiger partial charge < -0.3 is 21.1 Å². The number of rotatable bonds is 5. The van der Waals surface area contributed by atoms with Gasteiger partial charge in [0, 0.05) is 17.1 Å². The van der Waals surface area contributed by atoms with Crippen LogP contribution in [0.2, 0.25) is 0 Å². The monoisotopic (exact) mass is 427 g/mol. The number of carbonyl (C=O) groups is 1. The van der Waals surface area contributed by atoms with Gasteiger partial charge in [-0.2, -0.15) is 0 Å². The molecule has 23 heavy (non-hydrogen) atoms. The van der Waals surface area contributed by atoms with Crippen molar-refractivity contribution in [1.82, 2.24) is 0 Å². The predicted octanol–water partition coefficient (Wildman–Crippen LogP) is 3.56. The molecular weight excluding hydrogens is 405 g/mol. The van der Waals surface area contributed by atoms with Crippen LogP contribution in [-0.4, -0.2) is 30.7 Å². The quantitative estimate of drug-likeness (QED) is 0.670. The van der Waals surface area contributed by atoms with Gasteiger partial charge in [0.15, 0.2) is 0 Å². The molecule has 0 spiro atoms. The van der Waals surface area contributed by atoms with Crippen molar-refractivity contribution in [2.45, 2.75) is 44.9 Å². The number of ether oxygens (including phenoxy) is 1. The summed E-state index contributed by atoms with van der Waals surface area (Å²) in [7, 11) is 0. The molecule has 0 radical (unpaired) electrons. The van der Waals surface area contributed by atoms with E-state index in [1.165, 1.54) is 0 Å². The lowest BCUT2D eigenvalue weighted by Crippen LogP contribution is -2.30. The lowest BCUT2D eigenvalue weighted by molar-refractivity contribution is -0.126. The molecule has 1 saturated heterocycles. The first kappa shape index (κ1) is 22.5. The molecule has 0 aliphatic carbocycles. The number of halogens is 3. The summed E-state index contributed by atoms with van der Waals surface area (Å²) in [6.07, 6.45) is 1.14. The normalized spacial score (nSPS) is 19.7. The number of benzene rings is 1. The van der Waals surface area contributed by atoms with E-state index < -0.39 is 6.10 Å². The van der Waals surface area contributed by atoms with E-state index >= 15 is 0 Å². The van der Waals surface area contributed by atoms with Crippen molar-refractivity contribution in [2.75, 3.05) is 17.2 Å². The lowest BCUT2D eigenvalue weighted by Gasteiger charge is -2.18. The molecule has 0 unspecified atom stereocenters. The first-order chi connectivity index (χ1) is 9.99.